The van der Waals surface area contributed by atoms with Crippen LogP contribution in [0, 0.1) is 5.92 Å². The number of ether oxygens (including phenoxy) is 1. The van der Waals surface area contributed by atoms with E-state index in [9.17, 15) is 13.2 Å². The van der Waals surface area contributed by atoms with E-state index in [0.29, 0.717) is 25.4 Å². The van der Waals surface area contributed by atoms with Crippen LogP contribution in [0.25, 0.3) is 0 Å². The fraction of sp³-hybridized carbons (Fsp3) is 0.409. The fourth-order valence-corrected chi connectivity index (χ4v) is 3.26. The lowest BCUT2D eigenvalue weighted by Crippen LogP contribution is -2.37. The van der Waals surface area contributed by atoms with Crippen LogP contribution in [0.3, 0.4) is 0 Å². The van der Waals surface area contributed by atoms with E-state index in [4.69, 9.17) is 8.92 Å². The molecule has 0 saturated carbocycles. The molecule has 2 amide bonds. The quantitative estimate of drug-likeness (QED) is 0.557. The van der Waals surface area contributed by atoms with Crippen LogP contribution in [0.2, 0.25) is 0 Å². The molecule has 0 saturated heterocycles. The molecule has 1 N–H and O–H groups in total. The minimum Gasteiger partial charge on any atom is -0.494 e. The van der Waals surface area contributed by atoms with Gasteiger partial charge in [-0.3, -0.25) is 0 Å². The van der Waals surface area contributed by atoms with Gasteiger partial charge >= 0.3 is 16.1 Å². The third-order valence-corrected chi connectivity index (χ3v) is 5.32. The summed E-state index contributed by atoms with van der Waals surface area (Å²) in [7, 11) is -3.56. The number of carbonyl (C=O) groups excluding carboxylic acids is 1. The van der Waals surface area contributed by atoms with E-state index in [2.05, 4.69) is 5.32 Å². The number of hydrogen-bond donors (Lipinski definition) is 1. The van der Waals surface area contributed by atoms with Crippen LogP contribution < -0.4 is 14.2 Å². The zero-order valence-electron chi connectivity index (χ0n) is 17.9. The van der Waals surface area contributed by atoms with Gasteiger partial charge in [-0.1, -0.05) is 26.0 Å². The highest BCUT2D eigenvalue weighted by Crippen LogP contribution is 2.19. The zero-order chi connectivity index (χ0) is 22.1. The van der Waals surface area contributed by atoms with Gasteiger partial charge in [0.05, 0.1) is 12.4 Å². The third kappa shape index (κ3) is 7.59. The number of rotatable bonds is 10. The average Bonchev–Trinajstić information content (AvgIpc) is 2.70. The molecule has 2 aromatic rings. The van der Waals surface area contributed by atoms with Crippen LogP contribution in [0.15, 0.2) is 48.5 Å². The fourth-order valence-electron chi connectivity index (χ4n) is 2.74. The molecule has 2 rings (SSSR count). The lowest BCUT2D eigenvalue weighted by molar-refractivity contribution is 0.201. The highest BCUT2D eigenvalue weighted by Gasteiger charge is 2.16. The molecule has 0 unspecified atom stereocenters. The van der Waals surface area contributed by atoms with Crippen LogP contribution in [-0.2, 0) is 16.7 Å². The van der Waals surface area contributed by atoms with Gasteiger partial charge < -0.3 is 19.1 Å². The first-order chi connectivity index (χ1) is 14.2. The Morgan fingerprint density at radius 3 is 2.13 bits per heavy atom. The molecule has 0 fully saturated rings. The number of carbonyl (C=O) groups is 1. The van der Waals surface area contributed by atoms with Crippen molar-refractivity contribution < 1.29 is 22.1 Å². The van der Waals surface area contributed by atoms with Crippen LogP contribution in [0.5, 0.6) is 11.5 Å². The Bertz CT molecular complexity index is 910. The number of anilines is 1. The number of nitrogens with one attached hydrogen (secondary N) is 1. The Morgan fingerprint density at radius 2 is 1.60 bits per heavy atom. The largest absolute Gasteiger partial charge is 0.494 e. The third-order valence-electron chi connectivity index (χ3n) is 4.16. The number of nitrogens with zero attached hydrogens (tertiary/aromatic N) is 1. The molecule has 7 nitrogen and oxygen atoms in total. The van der Waals surface area contributed by atoms with E-state index in [0.717, 1.165) is 11.3 Å². The van der Waals surface area contributed by atoms with Crippen molar-refractivity contribution in [2.24, 2.45) is 5.92 Å². The van der Waals surface area contributed by atoms with Gasteiger partial charge in [-0.05, 0) is 61.7 Å². The van der Waals surface area contributed by atoms with Gasteiger partial charge in [0.15, 0.2) is 0 Å². The minimum atomic E-state index is -3.56. The number of hydrogen-bond acceptors (Lipinski definition) is 5. The molecule has 0 heterocycles. The summed E-state index contributed by atoms with van der Waals surface area (Å²) in [6.07, 6.45) is 0. The molecule has 0 bridgehead atoms. The Balaban J connectivity index is 2.06. The minimum absolute atomic E-state index is 0.0946. The second-order valence-corrected chi connectivity index (χ2v) is 9.09. The molecular formula is C22H30N2O5S. The molecule has 2 aromatic carbocycles. The van der Waals surface area contributed by atoms with E-state index in [1.54, 1.807) is 41.3 Å². The second kappa shape index (κ2) is 10.9. The van der Waals surface area contributed by atoms with Crippen LogP contribution in [-0.4, -0.2) is 38.3 Å². The van der Waals surface area contributed by atoms with Crippen LogP contribution >= 0.6 is 0 Å². The summed E-state index contributed by atoms with van der Waals surface area (Å²) in [6.45, 7) is 9.08. The first-order valence-electron chi connectivity index (χ1n) is 10.0. The average molecular weight is 435 g/mol. The highest BCUT2D eigenvalue weighted by molar-refractivity contribution is 7.87. The van der Waals surface area contributed by atoms with Gasteiger partial charge in [-0.25, -0.2) is 4.79 Å². The second-order valence-electron chi connectivity index (χ2n) is 7.24. The van der Waals surface area contributed by atoms with Crippen molar-refractivity contribution >= 4 is 21.8 Å². The molecule has 0 radical (unpaired) electrons. The Kier molecular flexibility index (Phi) is 8.53. The van der Waals surface area contributed by atoms with Crippen LogP contribution in [0.4, 0.5) is 10.5 Å². The molecule has 0 aliphatic heterocycles. The van der Waals surface area contributed by atoms with E-state index in [1.165, 1.54) is 6.92 Å². The first kappa shape index (κ1) is 23.5. The molecule has 164 valence electrons. The van der Waals surface area contributed by atoms with Gasteiger partial charge in [0.2, 0.25) is 0 Å². The lowest BCUT2D eigenvalue weighted by Gasteiger charge is -2.25. The molecular weight excluding hydrogens is 404 g/mol. The van der Waals surface area contributed by atoms with Crippen LogP contribution in [0.1, 0.15) is 33.3 Å². The number of urea groups is 1. The van der Waals surface area contributed by atoms with Gasteiger partial charge in [0.25, 0.3) is 0 Å². The normalized spacial score (nSPS) is 11.2. The number of amides is 2. The number of benzene rings is 2. The summed E-state index contributed by atoms with van der Waals surface area (Å²) in [6, 6.07) is 13.7. The Labute approximate surface area is 179 Å². The molecule has 0 atom stereocenters. The summed E-state index contributed by atoms with van der Waals surface area (Å²) in [5.74, 6) is 1.20. The maximum Gasteiger partial charge on any atom is 0.322 e. The van der Waals surface area contributed by atoms with Crippen molar-refractivity contribution in [2.45, 2.75) is 34.2 Å². The van der Waals surface area contributed by atoms with Crippen molar-refractivity contribution in [2.75, 3.05) is 24.2 Å². The van der Waals surface area contributed by atoms with Gasteiger partial charge in [-0.15, -0.1) is 0 Å². The van der Waals surface area contributed by atoms with Gasteiger partial charge in [0, 0.05) is 18.8 Å². The van der Waals surface area contributed by atoms with Crippen molar-refractivity contribution in [3.05, 3.63) is 54.1 Å². The SMILES string of the molecule is CCOc1ccc(NC(=O)N(Cc2ccc(OS(=O)(=O)CC)cc2)CC(C)C)cc1. The van der Waals surface area contributed by atoms with Crippen molar-refractivity contribution in [1.82, 2.24) is 4.90 Å². The summed E-state index contributed by atoms with van der Waals surface area (Å²) < 4.78 is 33.6. The smallest absolute Gasteiger partial charge is 0.322 e. The monoisotopic (exact) mass is 434 g/mol. The van der Waals surface area contributed by atoms with E-state index in [1.807, 2.05) is 32.9 Å². The maximum absolute atomic E-state index is 12.8. The van der Waals surface area contributed by atoms with E-state index >= 15 is 0 Å². The van der Waals surface area contributed by atoms with Crippen molar-refractivity contribution in [3.8, 4) is 11.5 Å². The molecule has 0 aromatic heterocycles. The Hall–Kier alpha value is -2.74. The Morgan fingerprint density at radius 1 is 1.00 bits per heavy atom. The summed E-state index contributed by atoms with van der Waals surface area (Å²) >= 11 is 0. The van der Waals surface area contributed by atoms with Crippen molar-refractivity contribution in [1.29, 1.82) is 0 Å². The lowest BCUT2D eigenvalue weighted by atomic mass is 10.1. The maximum atomic E-state index is 12.8. The molecule has 0 aliphatic rings. The van der Waals surface area contributed by atoms with E-state index in [-0.39, 0.29) is 23.5 Å². The topological polar surface area (TPSA) is 84.9 Å². The van der Waals surface area contributed by atoms with E-state index < -0.39 is 10.1 Å². The summed E-state index contributed by atoms with van der Waals surface area (Å²) in [4.78, 5) is 14.6. The standard InChI is InChI=1S/C22H30N2O5S/c1-5-28-20-13-9-19(10-14-20)23-22(25)24(15-17(3)4)16-18-7-11-21(12-8-18)29-30(26,27)6-2/h7-14,17H,5-6,15-16H2,1-4H3,(H,23,25). The van der Waals surface area contributed by atoms with Crippen molar-refractivity contribution in [3.63, 3.8) is 0 Å². The predicted octanol–water partition coefficient (Wildman–Crippen LogP) is 4.50. The molecule has 0 aliphatic carbocycles. The molecule has 30 heavy (non-hydrogen) atoms. The summed E-state index contributed by atoms with van der Waals surface area (Å²) in [5, 5.41) is 2.91. The summed E-state index contributed by atoms with van der Waals surface area (Å²) in [5.41, 5.74) is 1.56. The van der Waals surface area contributed by atoms with Gasteiger partial charge in [-0.2, -0.15) is 8.42 Å². The van der Waals surface area contributed by atoms with Gasteiger partial charge in [0.1, 0.15) is 11.5 Å². The zero-order valence-corrected chi connectivity index (χ0v) is 18.7. The highest BCUT2D eigenvalue weighted by atomic mass is 32.2. The molecule has 8 heteroatoms. The first-order valence-corrected chi connectivity index (χ1v) is 11.6. The predicted molar refractivity (Wildman–Crippen MR) is 118 cm³/mol. The molecule has 0 spiro atoms.